The molecule has 0 radical (unpaired) electrons. The molecule has 42 heavy (non-hydrogen) atoms. The molecule has 9 nitrogen and oxygen atoms in total. The highest BCUT2D eigenvalue weighted by atomic mass is 35.5. The van der Waals surface area contributed by atoms with Gasteiger partial charge in [-0.25, -0.2) is 9.48 Å². The number of amides is 2. The lowest BCUT2D eigenvalue weighted by Crippen LogP contribution is -2.48. The maximum atomic E-state index is 13.5. The van der Waals surface area contributed by atoms with E-state index in [0.717, 1.165) is 44.1 Å². The molecule has 10 heteroatoms. The van der Waals surface area contributed by atoms with E-state index in [-0.39, 0.29) is 17.9 Å². The summed E-state index contributed by atoms with van der Waals surface area (Å²) in [5, 5.41) is 8.38. The number of hydrogen-bond donors (Lipinski definition) is 1. The lowest BCUT2D eigenvalue weighted by Gasteiger charge is -2.36. The fraction of sp³-hybridized carbons (Fsp3) is 0.469. The molecule has 0 unspecified atom stereocenters. The highest BCUT2D eigenvalue weighted by Gasteiger charge is 2.32. The van der Waals surface area contributed by atoms with Crippen LogP contribution in [-0.4, -0.2) is 89.5 Å². The summed E-state index contributed by atoms with van der Waals surface area (Å²) in [6.45, 7) is 11.9. The standard InChI is InChI=1S/C32H41ClN6O3/c1-32(2,3)42-31(41)38-15-12-24(13-16-38)29-28(23-35-39(29)27-11-7-8-25(33)22-27)30(40)34-14-17-36-18-20-37(21-19-36)26-9-5-4-6-10-26/h4-11,22-24H,12-21H2,1-3H3,(H,34,40). The normalized spacial score (nSPS) is 16.9. The molecule has 0 aliphatic carbocycles. The second-order valence-corrected chi connectivity index (χ2v) is 12.4. The number of anilines is 1. The van der Waals surface area contributed by atoms with Crippen molar-refractivity contribution in [3.8, 4) is 5.69 Å². The fourth-order valence-corrected chi connectivity index (χ4v) is 5.88. The van der Waals surface area contributed by atoms with E-state index >= 15 is 0 Å². The molecule has 5 rings (SSSR count). The smallest absolute Gasteiger partial charge is 0.410 e. The van der Waals surface area contributed by atoms with Crippen molar-refractivity contribution in [3.63, 3.8) is 0 Å². The van der Waals surface area contributed by atoms with Crippen LogP contribution in [0.3, 0.4) is 0 Å². The lowest BCUT2D eigenvalue weighted by molar-refractivity contribution is 0.0203. The van der Waals surface area contributed by atoms with Gasteiger partial charge in [0, 0.05) is 69.0 Å². The first-order chi connectivity index (χ1) is 20.2. The SMILES string of the molecule is CC(C)(C)OC(=O)N1CCC(c2c(C(=O)NCCN3CCN(c4ccccc4)CC3)cnn2-c2cccc(Cl)c2)CC1. The highest BCUT2D eigenvalue weighted by molar-refractivity contribution is 6.30. The Bertz CT molecular complexity index is 1360. The molecule has 0 bridgehead atoms. The van der Waals surface area contributed by atoms with Gasteiger partial charge in [-0.2, -0.15) is 5.10 Å². The Hall–Kier alpha value is -3.56. The molecule has 2 aliphatic heterocycles. The Balaban J connectivity index is 1.23. The Morgan fingerprint density at radius 2 is 1.64 bits per heavy atom. The number of piperidine rings is 1. The van der Waals surface area contributed by atoms with Gasteiger partial charge in [0.25, 0.3) is 5.91 Å². The molecule has 2 fully saturated rings. The van der Waals surface area contributed by atoms with E-state index in [1.54, 1.807) is 11.1 Å². The van der Waals surface area contributed by atoms with Crippen LogP contribution >= 0.6 is 11.6 Å². The van der Waals surface area contributed by atoms with Crippen LogP contribution in [0.2, 0.25) is 5.02 Å². The second kappa shape index (κ2) is 13.2. The predicted octanol–water partition coefficient (Wildman–Crippen LogP) is 5.19. The molecule has 0 atom stereocenters. The summed E-state index contributed by atoms with van der Waals surface area (Å²) in [6.07, 6.45) is 2.77. The number of nitrogens with one attached hydrogen (secondary N) is 1. The van der Waals surface area contributed by atoms with E-state index in [2.05, 4.69) is 44.5 Å². The van der Waals surface area contributed by atoms with Crippen LogP contribution in [0, 0.1) is 0 Å². The van der Waals surface area contributed by atoms with Crippen LogP contribution in [0.15, 0.2) is 60.8 Å². The summed E-state index contributed by atoms with van der Waals surface area (Å²) in [5.41, 5.74) is 2.95. The van der Waals surface area contributed by atoms with E-state index in [1.165, 1.54) is 5.69 Å². The van der Waals surface area contributed by atoms with E-state index in [4.69, 9.17) is 16.3 Å². The molecule has 2 aliphatic rings. The van der Waals surface area contributed by atoms with Crippen LogP contribution in [-0.2, 0) is 4.74 Å². The zero-order chi connectivity index (χ0) is 29.7. The van der Waals surface area contributed by atoms with Gasteiger partial charge in [0.05, 0.1) is 23.1 Å². The average Bonchev–Trinajstić information content (AvgIpc) is 3.43. The monoisotopic (exact) mass is 592 g/mol. The van der Waals surface area contributed by atoms with Crippen molar-refractivity contribution < 1.29 is 14.3 Å². The number of benzene rings is 2. The Kier molecular flexibility index (Phi) is 9.38. The number of carbonyl (C=O) groups excluding carboxylic acids is 2. The molecular formula is C32H41ClN6O3. The van der Waals surface area contributed by atoms with Crippen LogP contribution in [0.1, 0.15) is 55.6 Å². The number of piperazine rings is 1. The molecule has 2 amide bonds. The third kappa shape index (κ3) is 7.44. The summed E-state index contributed by atoms with van der Waals surface area (Å²) in [6, 6.07) is 18.0. The van der Waals surface area contributed by atoms with Gasteiger partial charge in [0.15, 0.2) is 0 Å². The first kappa shape index (κ1) is 29.9. The number of para-hydroxylation sites is 1. The van der Waals surface area contributed by atoms with Gasteiger partial charge in [-0.1, -0.05) is 35.9 Å². The molecule has 2 saturated heterocycles. The Morgan fingerprint density at radius 3 is 2.31 bits per heavy atom. The number of hydrogen-bond acceptors (Lipinski definition) is 6. The predicted molar refractivity (Wildman–Crippen MR) is 166 cm³/mol. The average molecular weight is 593 g/mol. The van der Waals surface area contributed by atoms with Crippen molar-refractivity contribution in [2.24, 2.45) is 0 Å². The maximum absolute atomic E-state index is 13.5. The molecule has 3 heterocycles. The number of nitrogens with zero attached hydrogens (tertiary/aromatic N) is 5. The number of halogens is 1. The van der Waals surface area contributed by atoms with Crippen molar-refractivity contribution in [2.45, 2.75) is 45.1 Å². The Morgan fingerprint density at radius 1 is 0.952 bits per heavy atom. The van der Waals surface area contributed by atoms with Gasteiger partial charge < -0.3 is 19.9 Å². The molecule has 1 N–H and O–H groups in total. The summed E-state index contributed by atoms with van der Waals surface area (Å²) in [7, 11) is 0. The van der Waals surface area contributed by atoms with Gasteiger partial charge >= 0.3 is 6.09 Å². The first-order valence-electron chi connectivity index (χ1n) is 14.8. The number of carbonyl (C=O) groups is 2. The van der Waals surface area contributed by atoms with Crippen molar-refractivity contribution in [1.82, 2.24) is 24.9 Å². The van der Waals surface area contributed by atoms with Crippen LogP contribution in [0.4, 0.5) is 10.5 Å². The molecule has 0 spiro atoms. The molecule has 0 saturated carbocycles. The van der Waals surface area contributed by atoms with Crippen LogP contribution in [0.5, 0.6) is 0 Å². The van der Waals surface area contributed by atoms with Crippen LogP contribution < -0.4 is 10.2 Å². The maximum Gasteiger partial charge on any atom is 0.410 e. The van der Waals surface area contributed by atoms with Gasteiger partial charge in [-0.15, -0.1) is 0 Å². The second-order valence-electron chi connectivity index (χ2n) is 12.0. The van der Waals surface area contributed by atoms with E-state index < -0.39 is 5.60 Å². The van der Waals surface area contributed by atoms with Crippen molar-refractivity contribution in [1.29, 1.82) is 0 Å². The lowest BCUT2D eigenvalue weighted by atomic mass is 9.91. The summed E-state index contributed by atoms with van der Waals surface area (Å²) < 4.78 is 7.41. The third-order valence-electron chi connectivity index (χ3n) is 7.84. The van der Waals surface area contributed by atoms with Crippen molar-refractivity contribution in [3.05, 3.63) is 77.1 Å². The minimum atomic E-state index is -0.542. The Labute approximate surface area is 253 Å². The highest BCUT2D eigenvalue weighted by Crippen LogP contribution is 2.33. The van der Waals surface area contributed by atoms with E-state index in [0.29, 0.717) is 43.1 Å². The first-order valence-corrected chi connectivity index (χ1v) is 15.2. The summed E-state index contributed by atoms with van der Waals surface area (Å²) in [4.78, 5) is 32.7. The fourth-order valence-electron chi connectivity index (χ4n) is 5.69. The molecule has 2 aromatic carbocycles. The zero-order valence-electron chi connectivity index (χ0n) is 24.8. The van der Waals surface area contributed by atoms with Gasteiger partial charge in [0.1, 0.15) is 5.60 Å². The number of likely N-dealkylation sites (tertiary alicyclic amines) is 1. The number of aromatic nitrogens is 2. The van der Waals surface area contributed by atoms with Gasteiger partial charge in [-0.3, -0.25) is 9.69 Å². The molecule has 1 aromatic heterocycles. The zero-order valence-corrected chi connectivity index (χ0v) is 25.5. The number of rotatable bonds is 7. The minimum Gasteiger partial charge on any atom is -0.444 e. The van der Waals surface area contributed by atoms with Gasteiger partial charge in [-0.05, 0) is 63.9 Å². The summed E-state index contributed by atoms with van der Waals surface area (Å²) >= 11 is 6.31. The molecule has 224 valence electrons. The largest absolute Gasteiger partial charge is 0.444 e. The minimum absolute atomic E-state index is 0.0528. The molecular weight excluding hydrogens is 552 g/mol. The van der Waals surface area contributed by atoms with Crippen molar-refractivity contribution >= 4 is 29.3 Å². The van der Waals surface area contributed by atoms with Gasteiger partial charge in [0.2, 0.25) is 0 Å². The topological polar surface area (TPSA) is 82.9 Å². The van der Waals surface area contributed by atoms with Crippen molar-refractivity contribution in [2.75, 3.05) is 57.3 Å². The van der Waals surface area contributed by atoms with E-state index in [1.807, 2.05) is 55.8 Å². The summed E-state index contributed by atoms with van der Waals surface area (Å²) in [5.74, 6) is -0.0762. The quantitative estimate of drug-likeness (QED) is 0.406. The van der Waals surface area contributed by atoms with E-state index in [9.17, 15) is 9.59 Å². The molecule has 3 aromatic rings. The van der Waals surface area contributed by atoms with Crippen LogP contribution in [0.25, 0.3) is 5.69 Å². The third-order valence-corrected chi connectivity index (χ3v) is 8.08. The number of ether oxygens (including phenoxy) is 1.